The number of para-hydroxylation sites is 1. The van der Waals surface area contributed by atoms with Gasteiger partial charge in [-0.05, 0) is 35.7 Å². The molecule has 26 heavy (non-hydrogen) atoms. The van der Waals surface area contributed by atoms with Crippen molar-refractivity contribution in [3.05, 3.63) is 65.9 Å². The van der Waals surface area contributed by atoms with Crippen LogP contribution in [0.5, 0.6) is 0 Å². The molecule has 0 saturated carbocycles. The summed E-state index contributed by atoms with van der Waals surface area (Å²) in [6, 6.07) is 15.5. The number of aromatic nitrogens is 1. The summed E-state index contributed by atoms with van der Waals surface area (Å²) in [6.45, 7) is 0. The Labute approximate surface area is 151 Å². The van der Waals surface area contributed by atoms with Crippen molar-refractivity contribution in [1.29, 1.82) is 0 Å². The zero-order valence-corrected chi connectivity index (χ0v) is 14.5. The van der Waals surface area contributed by atoms with E-state index in [9.17, 15) is 9.59 Å². The maximum Gasteiger partial charge on any atom is 0.228 e. The summed E-state index contributed by atoms with van der Waals surface area (Å²) in [5.74, 6) is 0.0507. The number of hydrogen-bond donors (Lipinski definition) is 1. The van der Waals surface area contributed by atoms with E-state index in [4.69, 9.17) is 0 Å². The van der Waals surface area contributed by atoms with Crippen LogP contribution >= 0.6 is 0 Å². The molecular formula is C21H19N3O2. The standard InChI is InChI=1S/C21H19N3O2/c1-24-18-9-7-14(12-16(18)8-10-20(24)26)13-19(25)23-17-6-2-4-15-5-3-11-22-21(15)17/h2-7,9,11-12H,8,10,13H2,1H3,(H,23,25). The molecule has 3 aromatic rings. The van der Waals surface area contributed by atoms with Crippen LogP contribution in [0.15, 0.2) is 54.7 Å². The molecule has 0 saturated heterocycles. The van der Waals surface area contributed by atoms with Gasteiger partial charge in [0.1, 0.15) is 0 Å². The number of anilines is 2. The molecule has 2 aromatic carbocycles. The van der Waals surface area contributed by atoms with Crippen molar-refractivity contribution in [2.24, 2.45) is 0 Å². The predicted molar refractivity (Wildman–Crippen MR) is 102 cm³/mol. The molecule has 0 radical (unpaired) electrons. The summed E-state index contributed by atoms with van der Waals surface area (Å²) in [5, 5.41) is 3.96. The fraction of sp³-hybridized carbons (Fsp3) is 0.190. The number of nitrogens with zero attached hydrogens (tertiary/aromatic N) is 2. The molecule has 0 aliphatic carbocycles. The van der Waals surface area contributed by atoms with Gasteiger partial charge in [0.05, 0.1) is 17.6 Å². The average Bonchev–Trinajstić information content (AvgIpc) is 2.65. The Balaban J connectivity index is 1.53. The van der Waals surface area contributed by atoms with Gasteiger partial charge in [-0.1, -0.05) is 30.3 Å². The van der Waals surface area contributed by atoms with E-state index in [-0.39, 0.29) is 18.2 Å². The lowest BCUT2D eigenvalue weighted by atomic mass is 9.98. The second-order valence-corrected chi connectivity index (χ2v) is 6.52. The van der Waals surface area contributed by atoms with E-state index in [1.165, 1.54) is 0 Å². The lowest BCUT2D eigenvalue weighted by Crippen LogP contribution is -2.31. The highest BCUT2D eigenvalue weighted by atomic mass is 16.2. The number of benzene rings is 2. The molecule has 5 heteroatoms. The van der Waals surface area contributed by atoms with E-state index in [1.54, 1.807) is 18.1 Å². The number of carbonyl (C=O) groups excluding carboxylic acids is 2. The van der Waals surface area contributed by atoms with Crippen LogP contribution in [-0.2, 0) is 22.4 Å². The van der Waals surface area contributed by atoms with Crippen LogP contribution in [0.3, 0.4) is 0 Å². The molecule has 5 nitrogen and oxygen atoms in total. The molecule has 0 bridgehead atoms. The Morgan fingerprint density at radius 2 is 2.00 bits per heavy atom. The molecule has 2 heterocycles. The van der Waals surface area contributed by atoms with E-state index < -0.39 is 0 Å². The van der Waals surface area contributed by atoms with E-state index in [1.807, 2.05) is 48.5 Å². The van der Waals surface area contributed by atoms with Gasteiger partial charge in [-0.2, -0.15) is 0 Å². The Bertz CT molecular complexity index is 1010. The Hall–Kier alpha value is -3.21. The summed E-state index contributed by atoms with van der Waals surface area (Å²) in [6.07, 6.45) is 3.25. The molecule has 0 atom stereocenters. The highest BCUT2D eigenvalue weighted by Crippen LogP contribution is 2.28. The van der Waals surface area contributed by atoms with Gasteiger partial charge < -0.3 is 10.2 Å². The lowest BCUT2D eigenvalue weighted by Gasteiger charge is -2.26. The van der Waals surface area contributed by atoms with Crippen LogP contribution < -0.4 is 10.2 Å². The van der Waals surface area contributed by atoms with Gasteiger partial charge in [-0.15, -0.1) is 0 Å². The molecule has 1 aromatic heterocycles. The van der Waals surface area contributed by atoms with Crippen molar-refractivity contribution in [1.82, 2.24) is 4.98 Å². The monoisotopic (exact) mass is 345 g/mol. The first-order valence-corrected chi connectivity index (χ1v) is 8.64. The molecule has 1 aliphatic rings. The molecule has 0 unspecified atom stereocenters. The summed E-state index contributed by atoms with van der Waals surface area (Å²) < 4.78 is 0. The normalized spacial score (nSPS) is 13.6. The van der Waals surface area contributed by atoms with Gasteiger partial charge in [-0.25, -0.2) is 0 Å². The van der Waals surface area contributed by atoms with Crippen LogP contribution in [0.2, 0.25) is 0 Å². The number of fused-ring (bicyclic) bond motifs is 2. The number of carbonyl (C=O) groups is 2. The summed E-state index contributed by atoms with van der Waals surface area (Å²) in [5.41, 5.74) is 4.50. The van der Waals surface area contributed by atoms with E-state index in [0.717, 1.165) is 39.8 Å². The van der Waals surface area contributed by atoms with Crippen LogP contribution in [0.25, 0.3) is 10.9 Å². The van der Waals surface area contributed by atoms with Crippen molar-refractivity contribution in [2.45, 2.75) is 19.3 Å². The molecule has 0 fully saturated rings. The number of rotatable bonds is 3. The third kappa shape index (κ3) is 3.04. The minimum Gasteiger partial charge on any atom is -0.324 e. The Kier molecular flexibility index (Phi) is 4.13. The Morgan fingerprint density at radius 1 is 1.15 bits per heavy atom. The topological polar surface area (TPSA) is 62.3 Å². The third-order valence-corrected chi connectivity index (χ3v) is 4.76. The van der Waals surface area contributed by atoms with Gasteiger partial charge in [0.15, 0.2) is 0 Å². The first-order chi connectivity index (χ1) is 12.6. The van der Waals surface area contributed by atoms with Gasteiger partial charge in [-0.3, -0.25) is 14.6 Å². The van der Waals surface area contributed by atoms with Crippen molar-refractivity contribution in [3.63, 3.8) is 0 Å². The van der Waals surface area contributed by atoms with Crippen LogP contribution in [0, 0.1) is 0 Å². The molecule has 2 amide bonds. The van der Waals surface area contributed by atoms with E-state index >= 15 is 0 Å². The number of pyridine rings is 1. The van der Waals surface area contributed by atoms with E-state index in [2.05, 4.69) is 10.3 Å². The summed E-state index contributed by atoms with van der Waals surface area (Å²) >= 11 is 0. The first kappa shape index (κ1) is 16.3. The number of nitrogens with one attached hydrogen (secondary N) is 1. The smallest absolute Gasteiger partial charge is 0.228 e. The second-order valence-electron chi connectivity index (χ2n) is 6.52. The molecular weight excluding hydrogens is 326 g/mol. The first-order valence-electron chi connectivity index (χ1n) is 8.64. The number of hydrogen-bond acceptors (Lipinski definition) is 3. The number of amides is 2. The van der Waals surface area contributed by atoms with Crippen molar-refractivity contribution < 1.29 is 9.59 Å². The van der Waals surface area contributed by atoms with Crippen LogP contribution in [0.4, 0.5) is 11.4 Å². The minimum absolute atomic E-state index is 0.0802. The predicted octanol–water partition coefficient (Wildman–Crippen LogP) is 3.33. The van der Waals surface area contributed by atoms with Crippen molar-refractivity contribution in [3.8, 4) is 0 Å². The quantitative estimate of drug-likeness (QED) is 0.792. The second kappa shape index (κ2) is 6.59. The van der Waals surface area contributed by atoms with Crippen molar-refractivity contribution in [2.75, 3.05) is 17.3 Å². The highest BCUT2D eigenvalue weighted by Gasteiger charge is 2.21. The maximum absolute atomic E-state index is 12.5. The molecule has 0 spiro atoms. The maximum atomic E-state index is 12.5. The summed E-state index contributed by atoms with van der Waals surface area (Å²) in [7, 11) is 1.79. The fourth-order valence-corrected chi connectivity index (χ4v) is 3.40. The SMILES string of the molecule is CN1C(=O)CCc2cc(CC(=O)Nc3cccc4cccnc34)ccc21. The van der Waals surface area contributed by atoms with Gasteiger partial charge in [0, 0.05) is 30.7 Å². The van der Waals surface area contributed by atoms with Gasteiger partial charge in [0.2, 0.25) is 11.8 Å². The molecule has 1 N–H and O–H groups in total. The van der Waals surface area contributed by atoms with Crippen LogP contribution in [0.1, 0.15) is 17.5 Å². The lowest BCUT2D eigenvalue weighted by molar-refractivity contribution is -0.118. The average molecular weight is 345 g/mol. The largest absolute Gasteiger partial charge is 0.324 e. The number of aryl methyl sites for hydroxylation is 1. The minimum atomic E-state index is -0.0802. The Morgan fingerprint density at radius 3 is 2.88 bits per heavy atom. The molecule has 4 rings (SSSR count). The zero-order valence-electron chi connectivity index (χ0n) is 14.5. The third-order valence-electron chi connectivity index (χ3n) is 4.76. The highest BCUT2D eigenvalue weighted by molar-refractivity contribution is 6.01. The van der Waals surface area contributed by atoms with Gasteiger partial charge in [0.25, 0.3) is 0 Å². The molecule has 1 aliphatic heterocycles. The zero-order chi connectivity index (χ0) is 18.1. The fourth-order valence-electron chi connectivity index (χ4n) is 3.40. The van der Waals surface area contributed by atoms with Crippen LogP contribution in [-0.4, -0.2) is 23.8 Å². The van der Waals surface area contributed by atoms with Crippen molar-refractivity contribution >= 4 is 34.1 Å². The molecule has 130 valence electrons. The van der Waals surface area contributed by atoms with Gasteiger partial charge >= 0.3 is 0 Å². The summed E-state index contributed by atoms with van der Waals surface area (Å²) in [4.78, 5) is 30.3. The van der Waals surface area contributed by atoms with E-state index in [0.29, 0.717) is 6.42 Å².